The standard InChI is InChI=1S/C17H18F3N3O2S/c18-17(19,20)25-14-7-5-12(6-8-14)22-16-23-13(10-26-16)9-15(24)21-11-3-1-2-4-11/h5-8,10-11H,1-4,9H2,(H,21,24)(H,22,23). The Bertz CT molecular complexity index is 740. The van der Waals surface area contributed by atoms with Crippen LogP contribution in [0, 0.1) is 0 Å². The number of amides is 1. The van der Waals surface area contributed by atoms with Crippen molar-refractivity contribution in [2.45, 2.75) is 44.5 Å². The first-order valence-corrected chi connectivity index (χ1v) is 9.12. The number of carbonyl (C=O) groups is 1. The Morgan fingerprint density at radius 3 is 2.58 bits per heavy atom. The topological polar surface area (TPSA) is 63.2 Å². The van der Waals surface area contributed by atoms with Crippen LogP contribution in [0.25, 0.3) is 0 Å². The number of hydrogen-bond acceptors (Lipinski definition) is 5. The minimum atomic E-state index is -4.71. The smallest absolute Gasteiger partial charge is 0.406 e. The van der Waals surface area contributed by atoms with Crippen LogP contribution in [0.4, 0.5) is 24.0 Å². The van der Waals surface area contributed by atoms with Gasteiger partial charge in [0.05, 0.1) is 12.1 Å². The molecule has 1 fully saturated rings. The summed E-state index contributed by atoms with van der Waals surface area (Å²) in [6.07, 6.45) is -0.121. The summed E-state index contributed by atoms with van der Waals surface area (Å²) in [6.45, 7) is 0. The van der Waals surface area contributed by atoms with E-state index in [1.54, 1.807) is 5.38 Å². The molecular weight excluding hydrogens is 367 g/mol. The molecule has 0 saturated heterocycles. The van der Waals surface area contributed by atoms with Crippen LogP contribution in [0.2, 0.25) is 0 Å². The summed E-state index contributed by atoms with van der Waals surface area (Å²) in [5, 5.41) is 8.37. The molecule has 1 amide bonds. The van der Waals surface area contributed by atoms with Gasteiger partial charge in [0.25, 0.3) is 0 Å². The minimum absolute atomic E-state index is 0.0394. The summed E-state index contributed by atoms with van der Waals surface area (Å²) in [4.78, 5) is 16.4. The molecule has 2 N–H and O–H groups in total. The number of hydrogen-bond donors (Lipinski definition) is 2. The van der Waals surface area contributed by atoms with E-state index in [4.69, 9.17) is 0 Å². The van der Waals surface area contributed by atoms with Crippen LogP contribution in [0.15, 0.2) is 29.6 Å². The fourth-order valence-corrected chi connectivity index (χ4v) is 3.55. The molecule has 0 spiro atoms. The Hall–Kier alpha value is -2.29. The largest absolute Gasteiger partial charge is 0.573 e. The van der Waals surface area contributed by atoms with Gasteiger partial charge < -0.3 is 15.4 Å². The summed E-state index contributed by atoms with van der Waals surface area (Å²) in [5.41, 5.74) is 1.24. The van der Waals surface area contributed by atoms with Crippen molar-refractivity contribution >= 4 is 28.1 Å². The zero-order chi connectivity index (χ0) is 18.6. The van der Waals surface area contributed by atoms with Crippen LogP contribution in [0.3, 0.4) is 0 Å². The van der Waals surface area contributed by atoms with Crippen LogP contribution >= 0.6 is 11.3 Å². The number of ether oxygens (including phenoxy) is 1. The number of nitrogens with one attached hydrogen (secondary N) is 2. The highest BCUT2D eigenvalue weighted by Crippen LogP contribution is 2.26. The fourth-order valence-electron chi connectivity index (χ4n) is 2.82. The van der Waals surface area contributed by atoms with Gasteiger partial charge in [0.1, 0.15) is 5.75 Å². The molecule has 1 aromatic carbocycles. The first-order chi connectivity index (χ1) is 12.4. The molecular formula is C17H18F3N3O2S. The van der Waals surface area contributed by atoms with Crippen LogP contribution < -0.4 is 15.4 Å². The molecule has 26 heavy (non-hydrogen) atoms. The zero-order valence-corrected chi connectivity index (χ0v) is 14.6. The number of rotatable bonds is 6. The average Bonchev–Trinajstić information content (AvgIpc) is 3.20. The lowest BCUT2D eigenvalue weighted by atomic mass is 10.2. The molecule has 3 rings (SSSR count). The Labute approximate surface area is 152 Å². The molecule has 0 unspecified atom stereocenters. The predicted octanol–water partition coefficient (Wildman–Crippen LogP) is 4.39. The van der Waals surface area contributed by atoms with Gasteiger partial charge in [-0.15, -0.1) is 24.5 Å². The average molecular weight is 385 g/mol. The zero-order valence-electron chi connectivity index (χ0n) is 13.8. The number of aromatic nitrogens is 1. The van der Waals surface area contributed by atoms with Crippen molar-refractivity contribution in [1.82, 2.24) is 10.3 Å². The van der Waals surface area contributed by atoms with Crippen LogP contribution in [-0.2, 0) is 11.2 Å². The fraction of sp³-hybridized carbons (Fsp3) is 0.412. The van der Waals surface area contributed by atoms with Gasteiger partial charge in [0.2, 0.25) is 5.91 Å². The van der Waals surface area contributed by atoms with E-state index in [1.807, 2.05) is 0 Å². The Balaban J connectivity index is 1.52. The highest BCUT2D eigenvalue weighted by atomic mass is 32.1. The maximum atomic E-state index is 12.1. The van der Waals surface area contributed by atoms with Crippen molar-refractivity contribution in [3.63, 3.8) is 0 Å². The molecule has 1 saturated carbocycles. The third kappa shape index (κ3) is 5.62. The van der Waals surface area contributed by atoms with Gasteiger partial charge in [0.15, 0.2) is 5.13 Å². The molecule has 2 aromatic rings. The number of alkyl halides is 3. The van der Waals surface area contributed by atoms with E-state index in [1.165, 1.54) is 35.6 Å². The maximum Gasteiger partial charge on any atom is 0.573 e. The minimum Gasteiger partial charge on any atom is -0.406 e. The molecule has 5 nitrogen and oxygen atoms in total. The molecule has 1 aliphatic rings. The number of carbonyl (C=O) groups excluding carboxylic acids is 1. The van der Waals surface area contributed by atoms with E-state index in [9.17, 15) is 18.0 Å². The second-order valence-electron chi connectivity index (χ2n) is 6.07. The Kier molecular flexibility index (Phi) is 5.65. The summed E-state index contributed by atoms with van der Waals surface area (Å²) in [6, 6.07) is 5.65. The summed E-state index contributed by atoms with van der Waals surface area (Å²) < 4.78 is 40.3. The second kappa shape index (κ2) is 7.94. The number of thiazole rings is 1. The highest BCUT2D eigenvalue weighted by molar-refractivity contribution is 7.13. The van der Waals surface area contributed by atoms with Gasteiger partial charge in [-0.3, -0.25) is 4.79 Å². The Morgan fingerprint density at radius 1 is 1.23 bits per heavy atom. The lowest BCUT2D eigenvalue weighted by Crippen LogP contribution is -2.33. The van der Waals surface area contributed by atoms with E-state index < -0.39 is 6.36 Å². The number of halogens is 3. The molecule has 1 aromatic heterocycles. The summed E-state index contributed by atoms with van der Waals surface area (Å²) in [7, 11) is 0. The first kappa shape index (κ1) is 18.5. The van der Waals surface area contributed by atoms with Gasteiger partial charge in [0, 0.05) is 17.1 Å². The monoisotopic (exact) mass is 385 g/mol. The number of benzene rings is 1. The third-order valence-corrected chi connectivity index (χ3v) is 4.76. The van der Waals surface area contributed by atoms with E-state index in [0.29, 0.717) is 16.5 Å². The van der Waals surface area contributed by atoms with Crippen LogP contribution in [0.5, 0.6) is 5.75 Å². The van der Waals surface area contributed by atoms with Crippen molar-refractivity contribution in [2.24, 2.45) is 0 Å². The van der Waals surface area contributed by atoms with Crippen molar-refractivity contribution in [2.75, 3.05) is 5.32 Å². The van der Waals surface area contributed by atoms with E-state index in [-0.39, 0.29) is 24.1 Å². The quantitative estimate of drug-likeness (QED) is 0.774. The van der Waals surface area contributed by atoms with Crippen molar-refractivity contribution in [3.8, 4) is 5.75 Å². The van der Waals surface area contributed by atoms with Gasteiger partial charge in [-0.1, -0.05) is 12.8 Å². The molecule has 1 aliphatic carbocycles. The van der Waals surface area contributed by atoms with Crippen molar-refractivity contribution in [1.29, 1.82) is 0 Å². The normalized spacial score (nSPS) is 15.0. The lowest BCUT2D eigenvalue weighted by Gasteiger charge is -2.10. The second-order valence-corrected chi connectivity index (χ2v) is 6.92. The maximum absolute atomic E-state index is 12.1. The van der Waals surface area contributed by atoms with Gasteiger partial charge in [-0.25, -0.2) is 4.98 Å². The number of anilines is 2. The molecule has 0 bridgehead atoms. The third-order valence-electron chi connectivity index (χ3n) is 3.95. The molecule has 0 aliphatic heterocycles. The van der Waals surface area contributed by atoms with Crippen molar-refractivity contribution in [3.05, 3.63) is 35.3 Å². The van der Waals surface area contributed by atoms with Crippen LogP contribution in [-0.4, -0.2) is 23.3 Å². The lowest BCUT2D eigenvalue weighted by molar-refractivity contribution is -0.274. The summed E-state index contributed by atoms with van der Waals surface area (Å²) >= 11 is 1.33. The Morgan fingerprint density at radius 2 is 1.92 bits per heavy atom. The highest BCUT2D eigenvalue weighted by Gasteiger charge is 2.30. The predicted molar refractivity (Wildman–Crippen MR) is 92.6 cm³/mol. The molecule has 140 valence electrons. The van der Waals surface area contributed by atoms with E-state index in [2.05, 4.69) is 20.4 Å². The summed E-state index contributed by atoms with van der Waals surface area (Å²) in [5.74, 6) is -0.325. The van der Waals surface area contributed by atoms with Gasteiger partial charge >= 0.3 is 6.36 Å². The van der Waals surface area contributed by atoms with E-state index >= 15 is 0 Å². The molecule has 9 heteroatoms. The van der Waals surface area contributed by atoms with Gasteiger partial charge in [-0.2, -0.15) is 0 Å². The molecule has 1 heterocycles. The van der Waals surface area contributed by atoms with Crippen molar-refractivity contribution < 1.29 is 22.7 Å². The SMILES string of the molecule is O=C(Cc1csc(Nc2ccc(OC(F)(F)F)cc2)n1)NC1CCCC1. The molecule has 0 atom stereocenters. The molecule has 0 radical (unpaired) electrons. The van der Waals surface area contributed by atoms with E-state index in [0.717, 1.165) is 25.7 Å². The van der Waals surface area contributed by atoms with Gasteiger partial charge in [-0.05, 0) is 37.1 Å². The first-order valence-electron chi connectivity index (χ1n) is 8.24. The van der Waals surface area contributed by atoms with Crippen LogP contribution in [0.1, 0.15) is 31.4 Å². The number of nitrogens with zero attached hydrogens (tertiary/aromatic N) is 1.